The largest absolute Gasteiger partial charge is 0.465 e. The molecule has 0 saturated heterocycles. The van der Waals surface area contributed by atoms with E-state index in [4.69, 9.17) is 9.57 Å². The van der Waals surface area contributed by atoms with Gasteiger partial charge in [0.2, 0.25) is 5.72 Å². The smallest absolute Gasteiger partial charge is 0.337 e. The second-order valence-corrected chi connectivity index (χ2v) is 6.74. The minimum Gasteiger partial charge on any atom is -0.465 e. The number of carbonyl (C=O) groups excluding carboxylic acids is 1. The molecule has 6 heteroatoms. The standard InChI is InChI=1S/C23H19FN2O3/c1-23(18-6-4-3-5-7-18)26(20-14-12-19(24)13-15-20)21(25-29-23)16-8-10-17(11-9-16)22(27)28-2/h3-15H,1-2H3. The Bertz CT molecular complexity index is 1050. The highest BCUT2D eigenvalue weighted by Crippen LogP contribution is 2.40. The molecule has 1 unspecified atom stereocenters. The molecule has 0 bridgehead atoms. The summed E-state index contributed by atoms with van der Waals surface area (Å²) >= 11 is 0. The van der Waals surface area contributed by atoms with Gasteiger partial charge in [0.05, 0.1) is 12.7 Å². The van der Waals surface area contributed by atoms with E-state index in [1.807, 2.05) is 42.2 Å². The van der Waals surface area contributed by atoms with E-state index in [0.29, 0.717) is 11.4 Å². The van der Waals surface area contributed by atoms with E-state index in [2.05, 4.69) is 5.16 Å². The quantitative estimate of drug-likeness (QED) is 0.607. The number of methoxy groups -OCH3 is 1. The molecule has 29 heavy (non-hydrogen) atoms. The van der Waals surface area contributed by atoms with E-state index in [1.165, 1.54) is 19.2 Å². The fraction of sp³-hybridized carbons (Fsp3) is 0.130. The summed E-state index contributed by atoms with van der Waals surface area (Å²) in [5.74, 6) is -0.179. The normalized spacial score (nSPS) is 18.2. The lowest BCUT2D eigenvalue weighted by Gasteiger charge is -2.34. The molecule has 1 atom stereocenters. The maximum Gasteiger partial charge on any atom is 0.337 e. The van der Waals surface area contributed by atoms with E-state index in [0.717, 1.165) is 16.8 Å². The van der Waals surface area contributed by atoms with Gasteiger partial charge >= 0.3 is 5.97 Å². The summed E-state index contributed by atoms with van der Waals surface area (Å²) < 4.78 is 18.3. The van der Waals surface area contributed by atoms with Crippen LogP contribution in [0.2, 0.25) is 0 Å². The van der Waals surface area contributed by atoms with Crippen LogP contribution in [0.15, 0.2) is 84.0 Å². The summed E-state index contributed by atoms with van der Waals surface area (Å²) in [6.45, 7) is 1.91. The van der Waals surface area contributed by atoms with Crippen LogP contribution in [0.3, 0.4) is 0 Å². The molecule has 4 rings (SSSR count). The first kappa shape index (κ1) is 18.7. The molecule has 1 aliphatic rings. The van der Waals surface area contributed by atoms with Gasteiger partial charge < -0.3 is 9.57 Å². The number of benzene rings is 3. The summed E-state index contributed by atoms with van der Waals surface area (Å²) in [6.07, 6.45) is 0. The van der Waals surface area contributed by atoms with Gasteiger partial charge in [0.15, 0.2) is 5.84 Å². The first-order valence-corrected chi connectivity index (χ1v) is 9.09. The number of amidine groups is 1. The number of hydrogen-bond acceptors (Lipinski definition) is 5. The Morgan fingerprint density at radius 3 is 2.28 bits per heavy atom. The molecule has 0 radical (unpaired) electrons. The Hall–Kier alpha value is -3.67. The highest BCUT2D eigenvalue weighted by atomic mass is 19.1. The van der Waals surface area contributed by atoms with Crippen molar-refractivity contribution in [2.75, 3.05) is 12.0 Å². The molecule has 146 valence electrons. The minimum absolute atomic E-state index is 0.323. The van der Waals surface area contributed by atoms with E-state index in [1.54, 1.807) is 36.4 Å². The summed E-state index contributed by atoms with van der Waals surface area (Å²) in [4.78, 5) is 19.6. The fourth-order valence-corrected chi connectivity index (χ4v) is 3.36. The predicted molar refractivity (Wildman–Crippen MR) is 108 cm³/mol. The number of carbonyl (C=O) groups is 1. The number of oxime groups is 1. The molecule has 0 amide bonds. The number of ether oxygens (including phenoxy) is 1. The summed E-state index contributed by atoms with van der Waals surface area (Å²) in [7, 11) is 1.34. The van der Waals surface area contributed by atoms with E-state index < -0.39 is 11.7 Å². The molecule has 0 aliphatic carbocycles. The molecule has 0 spiro atoms. The van der Waals surface area contributed by atoms with Crippen LogP contribution in [0.1, 0.15) is 28.4 Å². The van der Waals surface area contributed by atoms with Crippen LogP contribution in [0.4, 0.5) is 10.1 Å². The highest BCUT2D eigenvalue weighted by molar-refractivity contribution is 6.11. The van der Waals surface area contributed by atoms with Crippen LogP contribution in [-0.4, -0.2) is 18.9 Å². The molecule has 1 heterocycles. The second-order valence-electron chi connectivity index (χ2n) is 6.74. The number of nitrogens with zero attached hydrogens (tertiary/aromatic N) is 2. The third kappa shape index (κ3) is 3.33. The van der Waals surface area contributed by atoms with Crippen LogP contribution in [0, 0.1) is 5.82 Å². The zero-order valence-corrected chi connectivity index (χ0v) is 16.0. The molecule has 1 aliphatic heterocycles. The maximum atomic E-state index is 13.5. The Balaban J connectivity index is 1.79. The number of halogens is 1. The molecule has 3 aromatic carbocycles. The number of rotatable bonds is 4. The average molecular weight is 390 g/mol. The first-order chi connectivity index (χ1) is 14.0. The Labute approximate surface area is 168 Å². The number of anilines is 1. The Kier molecular flexibility index (Phi) is 4.76. The average Bonchev–Trinajstić information content (AvgIpc) is 3.13. The zero-order valence-electron chi connectivity index (χ0n) is 16.0. The van der Waals surface area contributed by atoms with Crippen molar-refractivity contribution in [1.29, 1.82) is 0 Å². The SMILES string of the molecule is COC(=O)c1ccc(C2=NOC(C)(c3ccccc3)N2c2ccc(F)cc2)cc1. The van der Waals surface area contributed by atoms with Crippen molar-refractivity contribution >= 4 is 17.5 Å². The fourth-order valence-electron chi connectivity index (χ4n) is 3.36. The molecule has 0 saturated carbocycles. The zero-order chi connectivity index (χ0) is 20.4. The lowest BCUT2D eigenvalue weighted by Crippen LogP contribution is -2.44. The number of esters is 1. The Morgan fingerprint density at radius 1 is 1.00 bits per heavy atom. The lowest BCUT2D eigenvalue weighted by atomic mass is 10.0. The maximum absolute atomic E-state index is 13.5. The van der Waals surface area contributed by atoms with E-state index in [-0.39, 0.29) is 5.82 Å². The molecular formula is C23H19FN2O3. The van der Waals surface area contributed by atoms with Crippen LogP contribution in [-0.2, 0) is 15.3 Å². The highest BCUT2D eigenvalue weighted by Gasteiger charge is 2.45. The minimum atomic E-state index is -0.921. The van der Waals surface area contributed by atoms with Crippen LogP contribution in [0.5, 0.6) is 0 Å². The van der Waals surface area contributed by atoms with Gasteiger partial charge in [0, 0.05) is 23.7 Å². The van der Waals surface area contributed by atoms with Crippen molar-refractivity contribution in [3.05, 3.63) is 101 Å². The van der Waals surface area contributed by atoms with Crippen molar-refractivity contribution in [3.63, 3.8) is 0 Å². The molecule has 0 N–H and O–H groups in total. The van der Waals surface area contributed by atoms with Crippen LogP contribution >= 0.6 is 0 Å². The predicted octanol–water partition coefficient (Wildman–Crippen LogP) is 4.68. The van der Waals surface area contributed by atoms with Crippen molar-refractivity contribution in [2.24, 2.45) is 5.16 Å². The van der Waals surface area contributed by atoms with Gasteiger partial charge in [-0.1, -0.05) is 47.6 Å². The van der Waals surface area contributed by atoms with Crippen LogP contribution in [0.25, 0.3) is 0 Å². The third-order valence-electron chi connectivity index (χ3n) is 4.91. The molecular weight excluding hydrogens is 371 g/mol. The second kappa shape index (κ2) is 7.39. The van der Waals surface area contributed by atoms with Crippen molar-refractivity contribution < 1.29 is 18.8 Å². The van der Waals surface area contributed by atoms with E-state index >= 15 is 0 Å². The van der Waals surface area contributed by atoms with Crippen molar-refractivity contribution in [2.45, 2.75) is 12.6 Å². The van der Waals surface area contributed by atoms with Gasteiger partial charge in [0.1, 0.15) is 5.82 Å². The van der Waals surface area contributed by atoms with Gasteiger partial charge in [-0.2, -0.15) is 0 Å². The van der Waals surface area contributed by atoms with Gasteiger partial charge in [-0.25, -0.2) is 9.18 Å². The monoisotopic (exact) mass is 390 g/mol. The topological polar surface area (TPSA) is 51.1 Å². The lowest BCUT2D eigenvalue weighted by molar-refractivity contribution is -0.00578. The number of hydrogen-bond donors (Lipinski definition) is 0. The Morgan fingerprint density at radius 2 is 1.66 bits per heavy atom. The molecule has 5 nitrogen and oxygen atoms in total. The van der Waals surface area contributed by atoms with Crippen molar-refractivity contribution in [1.82, 2.24) is 0 Å². The van der Waals surface area contributed by atoms with Gasteiger partial charge in [0.25, 0.3) is 0 Å². The summed E-state index contributed by atoms with van der Waals surface area (Å²) in [6, 6.07) is 22.8. The van der Waals surface area contributed by atoms with Gasteiger partial charge in [-0.3, -0.25) is 4.90 Å². The van der Waals surface area contributed by atoms with Crippen LogP contribution < -0.4 is 4.90 Å². The summed E-state index contributed by atoms with van der Waals surface area (Å²) in [5.41, 5.74) is 1.90. The van der Waals surface area contributed by atoms with Gasteiger partial charge in [-0.05, 0) is 36.4 Å². The van der Waals surface area contributed by atoms with Gasteiger partial charge in [-0.15, -0.1) is 0 Å². The third-order valence-corrected chi connectivity index (χ3v) is 4.91. The first-order valence-electron chi connectivity index (χ1n) is 9.09. The van der Waals surface area contributed by atoms with E-state index in [9.17, 15) is 9.18 Å². The molecule has 3 aromatic rings. The van der Waals surface area contributed by atoms with Crippen molar-refractivity contribution in [3.8, 4) is 0 Å². The summed E-state index contributed by atoms with van der Waals surface area (Å²) in [5, 5.41) is 4.34. The molecule has 0 aromatic heterocycles. The molecule has 0 fully saturated rings.